The second-order valence-electron chi connectivity index (χ2n) is 7.16. The minimum absolute atomic E-state index is 0.0117. The minimum atomic E-state index is -0.371. The second kappa shape index (κ2) is 9.78. The first kappa shape index (κ1) is 21.8. The summed E-state index contributed by atoms with van der Waals surface area (Å²) in [7, 11) is 0. The molecule has 0 unspecified atom stereocenters. The van der Waals surface area contributed by atoms with E-state index in [1.807, 2.05) is 67.6 Å². The molecule has 32 heavy (non-hydrogen) atoms. The zero-order chi connectivity index (χ0) is 22.5. The molecule has 7 heteroatoms. The molecule has 0 bridgehead atoms. The number of aromatic nitrogens is 1. The van der Waals surface area contributed by atoms with E-state index >= 15 is 0 Å². The predicted molar refractivity (Wildman–Crippen MR) is 126 cm³/mol. The third kappa shape index (κ3) is 4.73. The van der Waals surface area contributed by atoms with Gasteiger partial charge in [0.1, 0.15) is 12.3 Å². The van der Waals surface area contributed by atoms with Crippen LogP contribution in [0, 0.1) is 0 Å². The molecule has 0 aliphatic carbocycles. The Labute approximate surface area is 189 Å². The van der Waals surface area contributed by atoms with Gasteiger partial charge in [-0.05, 0) is 48.4 Å². The van der Waals surface area contributed by atoms with Gasteiger partial charge in [0.05, 0.1) is 29.9 Å². The maximum Gasteiger partial charge on any atom is 0.326 e. The van der Waals surface area contributed by atoms with Gasteiger partial charge >= 0.3 is 5.97 Å². The van der Waals surface area contributed by atoms with Crippen LogP contribution < -0.4 is 9.54 Å². The highest BCUT2D eigenvalue weighted by Gasteiger charge is 2.14. The van der Waals surface area contributed by atoms with Crippen molar-refractivity contribution in [1.29, 1.82) is 0 Å². The third-order valence-corrected chi connectivity index (χ3v) is 6.04. The van der Waals surface area contributed by atoms with Crippen LogP contribution in [-0.2, 0) is 27.3 Å². The molecule has 4 aromatic rings. The van der Waals surface area contributed by atoms with E-state index < -0.39 is 0 Å². The van der Waals surface area contributed by atoms with Crippen molar-refractivity contribution in [3.63, 3.8) is 0 Å². The SMILES string of the molecule is CCOC(=O)Cn1c(=NC(=O)Cc2cccc3ccccc23)sc2cc(OCC)ccc21. The lowest BCUT2D eigenvalue weighted by molar-refractivity contribution is -0.143. The first-order valence-corrected chi connectivity index (χ1v) is 11.4. The molecule has 6 nitrogen and oxygen atoms in total. The lowest BCUT2D eigenvalue weighted by Gasteiger charge is -2.06. The number of amides is 1. The standard InChI is InChI=1S/C25H24N2O4S/c1-3-30-19-12-13-21-22(15-19)32-25(27(21)16-24(29)31-4-2)26-23(28)14-18-10-7-9-17-8-5-6-11-20(17)18/h5-13,15H,3-4,14,16H2,1-2H3. The van der Waals surface area contributed by atoms with Crippen LogP contribution in [0.2, 0.25) is 0 Å². The van der Waals surface area contributed by atoms with Crippen LogP contribution in [-0.4, -0.2) is 29.7 Å². The van der Waals surface area contributed by atoms with Gasteiger partial charge in [0, 0.05) is 0 Å². The molecule has 0 N–H and O–H groups in total. The van der Waals surface area contributed by atoms with Gasteiger partial charge in [0.15, 0.2) is 4.80 Å². The fraction of sp³-hybridized carbons (Fsp3) is 0.240. The Bertz CT molecular complexity index is 1350. The summed E-state index contributed by atoms with van der Waals surface area (Å²) >= 11 is 1.35. The summed E-state index contributed by atoms with van der Waals surface area (Å²) in [5, 5.41) is 2.12. The van der Waals surface area contributed by atoms with Gasteiger partial charge in [0.2, 0.25) is 0 Å². The lowest BCUT2D eigenvalue weighted by Crippen LogP contribution is -2.23. The van der Waals surface area contributed by atoms with E-state index in [1.165, 1.54) is 11.3 Å². The maximum absolute atomic E-state index is 12.9. The zero-order valence-corrected chi connectivity index (χ0v) is 18.9. The smallest absolute Gasteiger partial charge is 0.326 e. The number of hydrogen-bond acceptors (Lipinski definition) is 5. The number of esters is 1. The van der Waals surface area contributed by atoms with Gasteiger partial charge < -0.3 is 14.0 Å². The number of benzene rings is 3. The Kier molecular flexibility index (Phi) is 6.66. The van der Waals surface area contributed by atoms with Crippen molar-refractivity contribution in [2.45, 2.75) is 26.8 Å². The minimum Gasteiger partial charge on any atom is -0.494 e. The molecule has 0 radical (unpaired) electrons. The summed E-state index contributed by atoms with van der Waals surface area (Å²) < 4.78 is 13.3. The Hall–Kier alpha value is -3.45. The average Bonchev–Trinajstić information content (AvgIpc) is 3.10. The molecule has 0 saturated carbocycles. The largest absolute Gasteiger partial charge is 0.494 e. The van der Waals surface area contributed by atoms with Crippen molar-refractivity contribution in [3.05, 3.63) is 71.0 Å². The van der Waals surface area contributed by atoms with E-state index in [2.05, 4.69) is 4.99 Å². The molecule has 4 rings (SSSR count). The summed E-state index contributed by atoms with van der Waals surface area (Å²) in [6, 6.07) is 19.5. The predicted octanol–water partition coefficient (Wildman–Crippen LogP) is 4.49. The van der Waals surface area contributed by atoms with Crippen LogP contribution >= 0.6 is 11.3 Å². The maximum atomic E-state index is 12.9. The Morgan fingerprint density at radius 3 is 2.62 bits per heavy atom. The summed E-state index contributed by atoms with van der Waals surface area (Å²) in [4.78, 5) is 30.0. The number of nitrogens with zero attached hydrogens (tertiary/aromatic N) is 2. The fourth-order valence-corrected chi connectivity index (χ4v) is 4.71. The fourth-order valence-electron chi connectivity index (χ4n) is 3.64. The summed E-state index contributed by atoms with van der Waals surface area (Å²) in [5.41, 5.74) is 1.73. The van der Waals surface area contributed by atoms with E-state index in [-0.39, 0.29) is 24.8 Å². The first-order valence-electron chi connectivity index (χ1n) is 10.5. The quantitative estimate of drug-likeness (QED) is 0.391. The first-order chi connectivity index (χ1) is 15.6. The monoisotopic (exact) mass is 448 g/mol. The number of hydrogen-bond donors (Lipinski definition) is 0. The van der Waals surface area contributed by atoms with Gasteiger partial charge in [0.25, 0.3) is 5.91 Å². The third-order valence-electron chi connectivity index (χ3n) is 5.00. The molecule has 3 aromatic carbocycles. The van der Waals surface area contributed by atoms with Crippen LogP contribution in [0.5, 0.6) is 5.75 Å². The number of carbonyl (C=O) groups excluding carboxylic acids is 2. The Balaban J connectivity index is 1.73. The van der Waals surface area contributed by atoms with E-state index in [1.54, 1.807) is 11.5 Å². The number of rotatable bonds is 7. The Morgan fingerprint density at radius 2 is 1.81 bits per heavy atom. The van der Waals surface area contributed by atoms with Gasteiger partial charge in [-0.15, -0.1) is 0 Å². The normalized spacial score (nSPS) is 11.8. The molecule has 1 amide bonds. The molecule has 0 saturated heterocycles. The number of carbonyl (C=O) groups is 2. The highest BCUT2D eigenvalue weighted by atomic mass is 32.1. The van der Waals surface area contributed by atoms with E-state index in [4.69, 9.17) is 9.47 Å². The average molecular weight is 449 g/mol. The van der Waals surface area contributed by atoms with Crippen molar-refractivity contribution in [2.24, 2.45) is 4.99 Å². The van der Waals surface area contributed by atoms with Crippen molar-refractivity contribution in [1.82, 2.24) is 4.57 Å². The lowest BCUT2D eigenvalue weighted by atomic mass is 10.0. The summed E-state index contributed by atoms with van der Waals surface area (Å²) in [5.74, 6) is 0.0951. The summed E-state index contributed by atoms with van der Waals surface area (Å²) in [6.45, 7) is 4.53. The summed E-state index contributed by atoms with van der Waals surface area (Å²) in [6.07, 6.45) is 0.180. The zero-order valence-electron chi connectivity index (χ0n) is 18.0. The molecule has 1 heterocycles. The second-order valence-corrected chi connectivity index (χ2v) is 8.17. The van der Waals surface area contributed by atoms with Crippen molar-refractivity contribution in [3.8, 4) is 5.75 Å². The molecular weight excluding hydrogens is 424 g/mol. The van der Waals surface area contributed by atoms with Gasteiger partial charge in [-0.3, -0.25) is 9.59 Å². The Morgan fingerprint density at radius 1 is 1.00 bits per heavy atom. The van der Waals surface area contributed by atoms with Crippen molar-refractivity contribution < 1.29 is 19.1 Å². The molecular formula is C25H24N2O4S. The molecule has 0 aliphatic heterocycles. The number of ether oxygens (including phenoxy) is 2. The van der Waals surface area contributed by atoms with E-state index in [0.29, 0.717) is 18.0 Å². The van der Waals surface area contributed by atoms with Crippen LogP contribution in [0.15, 0.2) is 65.7 Å². The highest BCUT2D eigenvalue weighted by molar-refractivity contribution is 7.16. The van der Waals surface area contributed by atoms with Crippen LogP contribution in [0.1, 0.15) is 19.4 Å². The van der Waals surface area contributed by atoms with Crippen molar-refractivity contribution in [2.75, 3.05) is 13.2 Å². The van der Waals surface area contributed by atoms with Crippen LogP contribution in [0.25, 0.3) is 21.0 Å². The molecule has 1 aromatic heterocycles. The molecule has 0 aliphatic rings. The molecule has 164 valence electrons. The van der Waals surface area contributed by atoms with Gasteiger partial charge in [-0.25, -0.2) is 0 Å². The van der Waals surface area contributed by atoms with E-state index in [0.717, 1.165) is 32.3 Å². The topological polar surface area (TPSA) is 69.9 Å². The number of fused-ring (bicyclic) bond motifs is 2. The van der Waals surface area contributed by atoms with E-state index in [9.17, 15) is 9.59 Å². The molecule has 0 fully saturated rings. The number of thiazole rings is 1. The highest BCUT2D eigenvalue weighted by Crippen LogP contribution is 2.24. The molecule has 0 atom stereocenters. The van der Waals surface area contributed by atoms with Crippen LogP contribution in [0.3, 0.4) is 0 Å². The van der Waals surface area contributed by atoms with Gasteiger partial charge in [-0.2, -0.15) is 4.99 Å². The van der Waals surface area contributed by atoms with Crippen molar-refractivity contribution >= 4 is 44.2 Å². The van der Waals surface area contributed by atoms with Gasteiger partial charge in [-0.1, -0.05) is 53.8 Å². The van der Waals surface area contributed by atoms with Crippen LogP contribution in [0.4, 0.5) is 0 Å². The molecule has 0 spiro atoms.